The minimum Gasteiger partial charge on any atom is -0.482 e. The maximum Gasteiger partial charge on any atom is 0.289 e. The zero-order valence-corrected chi connectivity index (χ0v) is 18.4. The molecule has 2 aliphatic heterocycles. The van der Waals surface area contributed by atoms with Gasteiger partial charge in [0.15, 0.2) is 5.76 Å². The van der Waals surface area contributed by atoms with Gasteiger partial charge < -0.3 is 19.7 Å². The Bertz CT molecular complexity index is 840. The fraction of sp³-hybridized carbons (Fsp3) is 0.583. The van der Waals surface area contributed by atoms with E-state index >= 15 is 0 Å². The lowest BCUT2D eigenvalue weighted by atomic mass is 9.89. The number of benzene rings is 1. The van der Waals surface area contributed by atoms with Crippen molar-refractivity contribution in [2.75, 3.05) is 45.9 Å². The van der Waals surface area contributed by atoms with Gasteiger partial charge in [0, 0.05) is 25.2 Å². The Morgan fingerprint density at radius 1 is 1.19 bits per heavy atom. The normalized spacial score (nSPS) is 25.3. The summed E-state index contributed by atoms with van der Waals surface area (Å²) in [5.74, 6) is -0.818. The second-order valence-electron chi connectivity index (χ2n) is 8.63. The zero-order valence-electron chi connectivity index (χ0n) is 18.4. The molecule has 2 heterocycles. The van der Waals surface area contributed by atoms with Crippen LogP contribution in [0, 0.1) is 5.82 Å². The van der Waals surface area contributed by atoms with E-state index < -0.39 is 5.82 Å². The number of morpholine rings is 2. The number of nitrogens with zero attached hydrogens (tertiary/aromatic N) is 2. The van der Waals surface area contributed by atoms with Gasteiger partial charge in [-0.3, -0.25) is 14.5 Å². The van der Waals surface area contributed by atoms with Gasteiger partial charge in [0.2, 0.25) is 5.91 Å². The quantitative estimate of drug-likeness (QED) is 0.515. The third kappa shape index (κ3) is 5.66. The maximum atomic E-state index is 14.1. The first-order valence-electron chi connectivity index (χ1n) is 11.6. The predicted molar refractivity (Wildman–Crippen MR) is 118 cm³/mol. The summed E-state index contributed by atoms with van der Waals surface area (Å²) in [5, 5.41) is 2.95. The highest BCUT2D eigenvalue weighted by molar-refractivity contribution is 5.98. The van der Waals surface area contributed by atoms with Gasteiger partial charge in [-0.05, 0) is 44.4 Å². The number of halogens is 1. The van der Waals surface area contributed by atoms with Crippen molar-refractivity contribution in [2.24, 2.45) is 0 Å². The van der Waals surface area contributed by atoms with Gasteiger partial charge >= 0.3 is 0 Å². The number of hydrogen-bond acceptors (Lipinski definition) is 5. The summed E-state index contributed by atoms with van der Waals surface area (Å²) < 4.78 is 25.5. The molecule has 2 amide bonds. The molecule has 2 atom stereocenters. The Morgan fingerprint density at radius 2 is 1.97 bits per heavy atom. The number of ether oxygens (including phenoxy) is 2. The topological polar surface area (TPSA) is 71.1 Å². The molecule has 1 N–H and O–H groups in total. The van der Waals surface area contributed by atoms with E-state index in [1.807, 2.05) is 0 Å². The highest BCUT2D eigenvalue weighted by Gasteiger charge is 2.42. The highest BCUT2D eigenvalue weighted by atomic mass is 19.1. The number of amides is 2. The van der Waals surface area contributed by atoms with Gasteiger partial charge in [-0.15, -0.1) is 0 Å². The lowest BCUT2D eigenvalue weighted by Crippen LogP contribution is -2.57. The molecule has 0 bridgehead atoms. The van der Waals surface area contributed by atoms with Crippen LogP contribution in [0.4, 0.5) is 4.39 Å². The molecular weight excluding hydrogens is 413 g/mol. The van der Waals surface area contributed by atoms with E-state index in [2.05, 4.69) is 10.2 Å². The zero-order chi connectivity index (χ0) is 22.3. The van der Waals surface area contributed by atoms with Crippen LogP contribution in [0.25, 0.3) is 6.08 Å². The maximum absolute atomic E-state index is 14.1. The smallest absolute Gasteiger partial charge is 0.289 e. The van der Waals surface area contributed by atoms with Gasteiger partial charge in [-0.2, -0.15) is 0 Å². The highest BCUT2D eigenvalue weighted by Crippen LogP contribution is 2.33. The molecular formula is C24H32FN3O4. The molecule has 7 nitrogen and oxygen atoms in total. The van der Waals surface area contributed by atoms with Crippen LogP contribution >= 0.6 is 0 Å². The SMILES string of the molecule is O=C(CN1C(=O)/C(=C/c2ccccc2F)OC2CCCCC21)NCCCN1CCOCC1. The van der Waals surface area contributed by atoms with Crippen LogP contribution in [-0.2, 0) is 19.1 Å². The van der Waals surface area contributed by atoms with Crippen molar-refractivity contribution < 1.29 is 23.5 Å². The number of rotatable bonds is 7. The minimum absolute atomic E-state index is 0.00444. The van der Waals surface area contributed by atoms with Crippen molar-refractivity contribution in [3.63, 3.8) is 0 Å². The lowest BCUT2D eigenvalue weighted by molar-refractivity contribution is -0.151. The van der Waals surface area contributed by atoms with E-state index in [0.717, 1.165) is 65.0 Å². The van der Waals surface area contributed by atoms with Crippen LogP contribution in [-0.4, -0.2) is 79.7 Å². The van der Waals surface area contributed by atoms with E-state index in [0.29, 0.717) is 12.1 Å². The summed E-state index contributed by atoms with van der Waals surface area (Å²) >= 11 is 0. The number of carbonyl (C=O) groups excluding carboxylic acids is 2. The molecule has 2 unspecified atom stereocenters. The van der Waals surface area contributed by atoms with Gasteiger partial charge in [-0.1, -0.05) is 24.6 Å². The number of carbonyl (C=O) groups is 2. The molecule has 32 heavy (non-hydrogen) atoms. The average Bonchev–Trinajstić information content (AvgIpc) is 2.81. The summed E-state index contributed by atoms with van der Waals surface area (Å²) in [5.41, 5.74) is 0.303. The summed E-state index contributed by atoms with van der Waals surface area (Å²) in [6.07, 6.45) is 5.81. The number of nitrogens with one attached hydrogen (secondary N) is 1. The fourth-order valence-electron chi connectivity index (χ4n) is 4.66. The van der Waals surface area contributed by atoms with Crippen LogP contribution in [0.15, 0.2) is 30.0 Å². The molecule has 0 spiro atoms. The first kappa shape index (κ1) is 22.7. The van der Waals surface area contributed by atoms with Gasteiger partial charge in [0.05, 0.1) is 19.3 Å². The molecule has 1 aromatic rings. The molecule has 3 aliphatic rings. The summed E-state index contributed by atoms with van der Waals surface area (Å²) in [7, 11) is 0. The molecule has 1 saturated carbocycles. The van der Waals surface area contributed by atoms with Crippen LogP contribution < -0.4 is 5.32 Å². The third-order valence-corrected chi connectivity index (χ3v) is 6.40. The number of hydrogen-bond donors (Lipinski definition) is 1. The van der Waals surface area contributed by atoms with Crippen LogP contribution in [0.5, 0.6) is 0 Å². The van der Waals surface area contributed by atoms with Gasteiger partial charge in [0.25, 0.3) is 5.91 Å². The van der Waals surface area contributed by atoms with Crippen LogP contribution in [0.3, 0.4) is 0 Å². The summed E-state index contributed by atoms with van der Waals surface area (Å²) in [4.78, 5) is 29.8. The minimum atomic E-state index is -0.410. The first-order valence-corrected chi connectivity index (χ1v) is 11.6. The van der Waals surface area contributed by atoms with Crippen molar-refractivity contribution in [3.05, 3.63) is 41.4 Å². The predicted octanol–water partition coefficient (Wildman–Crippen LogP) is 2.18. The van der Waals surface area contributed by atoms with Crippen LogP contribution in [0.1, 0.15) is 37.7 Å². The Labute approximate surface area is 188 Å². The van der Waals surface area contributed by atoms with E-state index in [1.54, 1.807) is 23.1 Å². The van der Waals surface area contributed by atoms with Crippen molar-refractivity contribution in [1.29, 1.82) is 0 Å². The van der Waals surface area contributed by atoms with Crippen molar-refractivity contribution >= 4 is 17.9 Å². The Morgan fingerprint density at radius 3 is 2.78 bits per heavy atom. The molecule has 8 heteroatoms. The lowest BCUT2D eigenvalue weighted by Gasteiger charge is -2.44. The van der Waals surface area contributed by atoms with E-state index in [-0.39, 0.29) is 36.3 Å². The first-order chi connectivity index (χ1) is 15.6. The Hall–Kier alpha value is -2.45. The number of fused-ring (bicyclic) bond motifs is 1. The molecule has 1 aliphatic carbocycles. The second kappa shape index (κ2) is 10.9. The van der Waals surface area contributed by atoms with E-state index in [9.17, 15) is 14.0 Å². The average molecular weight is 446 g/mol. The molecule has 1 aromatic carbocycles. The molecule has 2 saturated heterocycles. The molecule has 3 fully saturated rings. The van der Waals surface area contributed by atoms with Gasteiger partial charge in [-0.25, -0.2) is 4.39 Å². The fourth-order valence-corrected chi connectivity index (χ4v) is 4.66. The van der Waals surface area contributed by atoms with Crippen molar-refractivity contribution in [3.8, 4) is 0 Å². The molecule has 0 aromatic heterocycles. The molecule has 0 radical (unpaired) electrons. The summed E-state index contributed by atoms with van der Waals surface area (Å²) in [6, 6.07) is 6.17. The third-order valence-electron chi connectivity index (χ3n) is 6.40. The van der Waals surface area contributed by atoms with Crippen LogP contribution in [0.2, 0.25) is 0 Å². The largest absolute Gasteiger partial charge is 0.482 e. The van der Waals surface area contributed by atoms with E-state index in [4.69, 9.17) is 9.47 Å². The molecule has 174 valence electrons. The van der Waals surface area contributed by atoms with Gasteiger partial charge in [0.1, 0.15) is 18.5 Å². The van der Waals surface area contributed by atoms with E-state index in [1.165, 1.54) is 12.1 Å². The van der Waals surface area contributed by atoms with Crippen molar-refractivity contribution in [2.45, 2.75) is 44.2 Å². The summed E-state index contributed by atoms with van der Waals surface area (Å²) in [6.45, 7) is 4.86. The Balaban J connectivity index is 1.37. The Kier molecular flexibility index (Phi) is 7.76. The monoisotopic (exact) mass is 445 g/mol. The standard InChI is InChI=1S/C24H32FN3O4/c25-19-7-2-1-6-18(19)16-22-24(30)28(20-8-3-4-9-21(20)32-22)17-23(29)26-10-5-11-27-12-14-31-15-13-27/h1-2,6-7,16,20-21H,3-5,8-15,17H2,(H,26,29)/b22-16-. The van der Waals surface area contributed by atoms with Crippen molar-refractivity contribution in [1.82, 2.24) is 15.1 Å². The second-order valence-corrected chi connectivity index (χ2v) is 8.63. The molecule has 4 rings (SSSR count).